The lowest BCUT2D eigenvalue weighted by atomic mass is 10.1. The third kappa shape index (κ3) is 7.41. The summed E-state index contributed by atoms with van der Waals surface area (Å²) in [4.78, 5) is 6.53. The van der Waals surface area contributed by atoms with E-state index >= 15 is 0 Å². The van der Waals surface area contributed by atoms with Gasteiger partial charge in [-0.2, -0.15) is 0 Å². The zero-order chi connectivity index (χ0) is 21.2. The highest BCUT2D eigenvalue weighted by Gasteiger charge is 2.05. The SMILES string of the molecule is CCCCCCCN(CC)c1ccc(N)c(C)c1.Nc1nc2ccc(Cl)cc2s1. The van der Waals surface area contributed by atoms with E-state index in [-0.39, 0.29) is 0 Å². The first-order chi connectivity index (χ1) is 13.9. The maximum atomic E-state index is 5.87. The summed E-state index contributed by atoms with van der Waals surface area (Å²) in [7, 11) is 0. The first-order valence-corrected chi connectivity index (χ1v) is 11.6. The van der Waals surface area contributed by atoms with Crippen LogP contribution in [-0.4, -0.2) is 18.1 Å². The Labute approximate surface area is 183 Å². The molecule has 6 heteroatoms. The molecule has 0 atom stereocenters. The molecule has 0 fully saturated rings. The van der Waals surface area contributed by atoms with Crippen molar-refractivity contribution in [2.45, 2.75) is 52.9 Å². The maximum Gasteiger partial charge on any atom is 0.181 e. The fourth-order valence-electron chi connectivity index (χ4n) is 3.15. The fourth-order valence-corrected chi connectivity index (χ4v) is 4.16. The number of hydrogen-bond donors (Lipinski definition) is 2. The Balaban J connectivity index is 0.000000230. The highest BCUT2D eigenvalue weighted by Crippen LogP contribution is 2.26. The summed E-state index contributed by atoms with van der Waals surface area (Å²) in [5.41, 5.74) is 15.7. The summed E-state index contributed by atoms with van der Waals surface area (Å²) in [5.74, 6) is 0. The van der Waals surface area contributed by atoms with E-state index in [1.165, 1.54) is 54.7 Å². The number of unbranched alkanes of at least 4 members (excludes halogenated alkanes) is 4. The number of nitrogen functional groups attached to an aromatic ring is 2. The van der Waals surface area contributed by atoms with Gasteiger partial charge in [-0.1, -0.05) is 55.5 Å². The Morgan fingerprint density at radius 3 is 2.45 bits per heavy atom. The van der Waals surface area contributed by atoms with Gasteiger partial charge in [0.25, 0.3) is 0 Å². The number of nitrogens with two attached hydrogens (primary N) is 2. The molecule has 0 bridgehead atoms. The van der Waals surface area contributed by atoms with Crippen molar-refractivity contribution in [1.82, 2.24) is 4.98 Å². The minimum absolute atomic E-state index is 0.585. The molecule has 0 radical (unpaired) electrons. The summed E-state index contributed by atoms with van der Waals surface area (Å²) in [6, 6.07) is 11.9. The summed E-state index contributed by atoms with van der Waals surface area (Å²) >= 11 is 7.21. The molecule has 158 valence electrons. The molecule has 4 N–H and O–H groups in total. The molecule has 0 amide bonds. The molecule has 0 spiro atoms. The third-order valence-corrected chi connectivity index (χ3v) is 5.98. The number of nitrogens with zero attached hydrogens (tertiary/aromatic N) is 2. The summed E-state index contributed by atoms with van der Waals surface area (Å²) in [6.45, 7) is 8.78. The van der Waals surface area contributed by atoms with Crippen LogP contribution in [0.1, 0.15) is 51.5 Å². The molecule has 2 aromatic carbocycles. The number of hydrogen-bond acceptors (Lipinski definition) is 5. The maximum absolute atomic E-state index is 5.87. The van der Waals surface area contributed by atoms with Gasteiger partial charge in [-0.15, -0.1) is 0 Å². The highest BCUT2D eigenvalue weighted by molar-refractivity contribution is 7.22. The largest absolute Gasteiger partial charge is 0.399 e. The van der Waals surface area contributed by atoms with Crippen LogP contribution in [0, 0.1) is 6.92 Å². The molecular formula is C23H33ClN4S. The van der Waals surface area contributed by atoms with Gasteiger partial charge < -0.3 is 16.4 Å². The minimum atomic E-state index is 0.585. The molecule has 0 aliphatic carbocycles. The van der Waals surface area contributed by atoms with Crippen molar-refractivity contribution >= 4 is 49.7 Å². The lowest BCUT2D eigenvalue weighted by Crippen LogP contribution is -2.24. The Hall–Kier alpha value is -1.98. The van der Waals surface area contributed by atoms with Crippen LogP contribution in [0.4, 0.5) is 16.5 Å². The Morgan fingerprint density at radius 1 is 1.00 bits per heavy atom. The lowest BCUT2D eigenvalue weighted by Gasteiger charge is -2.24. The molecule has 0 unspecified atom stereocenters. The fraction of sp³-hybridized carbons (Fsp3) is 0.435. The van der Waals surface area contributed by atoms with Gasteiger partial charge in [-0.05, 0) is 62.2 Å². The molecule has 0 saturated heterocycles. The van der Waals surface area contributed by atoms with E-state index < -0.39 is 0 Å². The molecule has 1 aromatic heterocycles. The van der Waals surface area contributed by atoms with E-state index in [2.05, 4.69) is 42.8 Å². The quantitative estimate of drug-likeness (QED) is 0.300. The van der Waals surface area contributed by atoms with Crippen LogP contribution in [0.15, 0.2) is 36.4 Å². The summed E-state index contributed by atoms with van der Waals surface area (Å²) in [6.07, 6.45) is 6.69. The van der Waals surface area contributed by atoms with Crippen molar-refractivity contribution in [3.63, 3.8) is 0 Å². The first kappa shape index (κ1) is 23.3. The zero-order valence-corrected chi connectivity index (χ0v) is 19.3. The molecule has 3 aromatic rings. The molecule has 1 heterocycles. The summed E-state index contributed by atoms with van der Waals surface area (Å²) in [5, 5.41) is 1.31. The van der Waals surface area contributed by atoms with Gasteiger partial charge in [0.1, 0.15) is 0 Å². The average molecular weight is 433 g/mol. The second-order valence-electron chi connectivity index (χ2n) is 7.20. The predicted octanol–water partition coefficient (Wildman–Crippen LogP) is 6.91. The van der Waals surface area contributed by atoms with Crippen molar-refractivity contribution in [3.8, 4) is 0 Å². The minimum Gasteiger partial charge on any atom is -0.399 e. The number of thiazole rings is 1. The molecule has 3 rings (SSSR count). The van der Waals surface area contributed by atoms with Crippen LogP contribution < -0.4 is 16.4 Å². The lowest BCUT2D eigenvalue weighted by molar-refractivity contribution is 0.621. The average Bonchev–Trinajstić information content (AvgIpc) is 3.07. The molecule has 0 aliphatic rings. The van der Waals surface area contributed by atoms with Crippen LogP contribution >= 0.6 is 22.9 Å². The second-order valence-corrected chi connectivity index (χ2v) is 8.70. The standard InChI is InChI=1S/C16H28N2.C7H5ClN2S/c1-4-6-7-8-9-12-18(5-2)15-10-11-16(17)14(3)13-15;8-4-1-2-5-6(3-4)11-7(9)10-5/h10-11,13H,4-9,12,17H2,1-3H3;1-3H,(H2,9,10). The van der Waals surface area contributed by atoms with E-state index in [9.17, 15) is 0 Å². The van der Waals surface area contributed by atoms with Gasteiger partial charge in [0.05, 0.1) is 10.2 Å². The van der Waals surface area contributed by atoms with Crippen LogP contribution in [0.5, 0.6) is 0 Å². The highest BCUT2D eigenvalue weighted by atomic mass is 35.5. The smallest absolute Gasteiger partial charge is 0.181 e. The Kier molecular flexibility index (Phi) is 9.55. The molecule has 29 heavy (non-hydrogen) atoms. The van der Waals surface area contributed by atoms with Gasteiger partial charge in [-0.3, -0.25) is 0 Å². The first-order valence-electron chi connectivity index (χ1n) is 10.4. The number of aryl methyl sites for hydroxylation is 1. The van der Waals surface area contributed by atoms with E-state index in [1.54, 1.807) is 0 Å². The van der Waals surface area contributed by atoms with Crippen molar-refractivity contribution in [3.05, 3.63) is 47.0 Å². The van der Waals surface area contributed by atoms with Gasteiger partial charge in [-0.25, -0.2) is 4.98 Å². The topological polar surface area (TPSA) is 68.2 Å². The number of halogens is 1. The van der Waals surface area contributed by atoms with Crippen LogP contribution in [0.2, 0.25) is 5.02 Å². The van der Waals surface area contributed by atoms with Crippen molar-refractivity contribution in [1.29, 1.82) is 0 Å². The monoisotopic (exact) mass is 432 g/mol. The van der Waals surface area contributed by atoms with E-state index in [0.29, 0.717) is 5.13 Å². The Bertz CT molecular complexity index is 894. The van der Waals surface area contributed by atoms with Gasteiger partial charge in [0.15, 0.2) is 5.13 Å². The van der Waals surface area contributed by atoms with Gasteiger partial charge >= 0.3 is 0 Å². The Morgan fingerprint density at radius 2 is 1.76 bits per heavy atom. The third-order valence-electron chi connectivity index (χ3n) is 4.90. The number of benzene rings is 2. The molecule has 0 aliphatic heterocycles. The second kappa shape index (κ2) is 11.9. The summed E-state index contributed by atoms with van der Waals surface area (Å²) < 4.78 is 1.04. The predicted molar refractivity (Wildman–Crippen MR) is 131 cm³/mol. The van der Waals surface area contributed by atoms with E-state index in [1.807, 2.05) is 24.3 Å². The van der Waals surface area contributed by atoms with Crippen LogP contribution in [-0.2, 0) is 0 Å². The van der Waals surface area contributed by atoms with Gasteiger partial charge in [0.2, 0.25) is 0 Å². The van der Waals surface area contributed by atoms with Crippen molar-refractivity contribution < 1.29 is 0 Å². The molecule has 0 saturated carbocycles. The molecule has 4 nitrogen and oxygen atoms in total. The normalized spacial score (nSPS) is 10.6. The van der Waals surface area contributed by atoms with Gasteiger partial charge in [0, 0.05) is 29.5 Å². The van der Waals surface area contributed by atoms with Crippen molar-refractivity contribution in [2.24, 2.45) is 0 Å². The van der Waals surface area contributed by atoms with E-state index in [0.717, 1.165) is 34.0 Å². The number of anilines is 3. The number of rotatable bonds is 8. The molecular weight excluding hydrogens is 400 g/mol. The van der Waals surface area contributed by atoms with E-state index in [4.69, 9.17) is 23.1 Å². The van der Waals surface area contributed by atoms with Crippen LogP contribution in [0.25, 0.3) is 10.2 Å². The van der Waals surface area contributed by atoms with Crippen LogP contribution in [0.3, 0.4) is 0 Å². The zero-order valence-electron chi connectivity index (χ0n) is 17.7. The number of fused-ring (bicyclic) bond motifs is 1. The van der Waals surface area contributed by atoms with Crippen molar-refractivity contribution in [2.75, 3.05) is 29.5 Å². The number of aromatic nitrogens is 1.